The van der Waals surface area contributed by atoms with Crippen LogP contribution < -0.4 is 14.4 Å². The lowest BCUT2D eigenvalue weighted by Gasteiger charge is -2.26. The minimum Gasteiger partial charge on any atom is -0.493 e. The number of carbonyl (C=O) groups excluding carboxylic acids is 2. The predicted octanol–water partition coefficient (Wildman–Crippen LogP) is 4.89. The van der Waals surface area contributed by atoms with Crippen molar-refractivity contribution in [1.82, 2.24) is 0 Å². The summed E-state index contributed by atoms with van der Waals surface area (Å²) in [7, 11) is 3.00. The monoisotopic (exact) mass is 483 g/mol. The molecule has 144 valence electrons. The van der Waals surface area contributed by atoms with Crippen molar-refractivity contribution in [2.75, 3.05) is 19.1 Å². The van der Waals surface area contributed by atoms with E-state index in [1.54, 1.807) is 57.2 Å². The molecule has 0 saturated carbocycles. The lowest BCUT2D eigenvalue weighted by molar-refractivity contribution is 0.0564. The third kappa shape index (κ3) is 5.35. The second-order valence-corrected chi connectivity index (χ2v) is 7.92. The third-order valence-electron chi connectivity index (χ3n) is 3.48. The molecule has 0 radical (unpaired) electrons. The minimum absolute atomic E-state index is 0.325. The molecule has 0 aliphatic carbocycles. The number of imide groups is 1. The Bertz CT molecular complexity index is 845. The highest BCUT2D eigenvalue weighted by molar-refractivity contribution is 14.1. The Morgan fingerprint density at radius 1 is 0.963 bits per heavy atom. The maximum absolute atomic E-state index is 13.1. The second-order valence-electron chi connectivity index (χ2n) is 6.67. The standard InChI is InChI=1S/C20H22INO5/c1-20(2,3)27-19(24)22(18(23)13-7-6-8-14(21)11-13)15-9-10-16(25-4)17(12-15)26-5/h6-12H,1-5H3. The average Bonchev–Trinajstić information content (AvgIpc) is 2.60. The van der Waals surface area contributed by atoms with Crippen molar-refractivity contribution in [2.45, 2.75) is 26.4 Å². The smallest absolute Gasteiger partial charge is 0.422 e. The number of ether oxygens (including phenoxy) is 3. The van der Waals surface area contributed by atoms with Gasteiger partial charge in [0.15, 0.2) is 11.5 Å². The molecule has 0 aromatic heterocycles. The number of methoxy groups -OCH3 is 2. The van der Waals surface area contributed by atoms with Crippen LogP contribution in [0.5, 0.6) is 11.5 Å². The molecule has 0 aliphatic heterocycles. The minimum atomic E-state index is -0.765. The van der Waals surface area contributed by atoms with Crippen molar-refractivity contribution in [3.63, 3.8) is 0 Å². The molecule has 0 fully saturated rings. The predicted molar refractivity (Wildman–Crippen MR) is 112 cm³/mol. The third-order valence-corrected chi connectivity index (χ3v) is 4.15. The molecule has 2 aromatic carbocycles. The van der Waals surface area contributed by atoms with E-state index < -0.39 is 17.6 Å². The van der Waals surface area contributed by atoms with E-state index in [2.05, 4.69) is 22.6 Å². The molecule has 0 unspecified atom stereocenters. The molecule has 0 saturated heterocycles. The fourth-order valence-corrected chi connectivity index (χ4v) is 2.87. The highest BCUT2D eigenvalue weighted by atomic mass is 127. The van der Waals surface area contributed by atoms with E-state index in [1.165, 1.54) is 14.2 Å². The van der Waals surface area contributed by atoms with E-state index in [-0.39, 0.29) is 0 Å². The van der Waals surface area contributed by atoms with Gasteiger partial charge >= 0.3 is 6.09 Å². The van der Waals surface area contributed by atoms with Crippen molar-refractivity contribution in [3.05, 3.63) is 51.6 Å². The molecule has 0 heterocycles. The first-order valence-corrected chi connectivity index (χ1v) is 9.29. The van der Waals surface area contributed by atoms with Gasteiger partial charge in [0.1, 0.15) is 5.60 Å². The maximum atomic E-state index is 13.1. The van der Waals surface area contributed by atoms with Gasteiger partial charge in [0, 0.05) is 15.2 Å². The molecule has 0 N–H and O–H groups in total. The summed E-state index contributed by atoms with van der Waals surface area (Å²) in [4.78, 5) is 26.9. The first-order chi connectivity index (χ1) is 12.7. The van der Waals surface area contributed by atoms with Gasteiger partial charge in [-0.2, -0.15) is 0 Å². The molecule has 27 heavy (non-hydrogen) atoms. The van der Waals surface area contributed by atoms with Gasteiger partial charge in [-0.25, -0.2) is 9.69 Å². The molecular weight excluding hydrogens is 461 g/mol. The zero-order valence-electron chi connectivity index (χ0n) is 15.9. The van der Waals surface area contributed by atoms with Crippen LogP contribution in [0.15, 0.2) is 42.5 Å². The molecule has 6 nitrogen and oxygen atoms in total. The number of amides is 2. The molecular formula is C20H22INO5. The van der Waals surface area contributed by atoms with Crippen molar-refractivity contribution < 1.29 is 23.8 Å². The van der Waals surface area contributed by atoms with Crippen LogP contribution in [-0.4, -0.2) is 31.8 Å². The van der Waals surface area contributed by atoms with Crippen LogP contribution in [0.25, 0.3) is 0 Å². The van der Waals surface area contributed by atoms with E-state index in [9.17, 15) is 9.59 Å². The Kier molecular flexibility index (Phi) is 6.69. The van der Waals surface area contributed by atoms with Gasteiger partial charge in [-0.1, -0.05) is 6.07 Å². The quantitative estimate of drug-likeness (QED) is 0.580. The van der Waals surface area contributed by atoms with Crippen molar-refractivity contribution in [1.29, 1.82) is 0 Å². The van der Waals surface area contributed by atoms with Gasteiger partial charge in [0.2, 0.25) is 0 Å². The number of hydrogen-bond acceptors (Lipinski definition) is 5. The number of anilines is 1. The molecule has 0 bridgehead atoms. The lowest BCUT2D eigenvalue weighted by atomic mass is 10.1. The highest BCUT2D eigenvalue weighted by Crippen LogP contribution is 2.33. The van der Waals surface area contributed by atoms with Gasteiger partial charge in [-0.3, -0.25) is 4.79 Å². The van der Waals surface area contributed by atoms with Gasteiger partial charge in [-0.15, -0.1) is 0 Å². The summed E-state index contributed by atoms with van der Waals surface area (Å²) in [6.07, 6.45) is -0.765. The Hall–Kier alpha value is -2.29. The summed E-state index contributed by atoms with van der Waals surface area (Å²) in [5.41, 5.74) is -0.0506. The maximum Gasteiger partial charge on any atom is 0.422 e. The van der Waals surface area contributed by atoms with Crippen LogP contribution >= 0.6 is 22.6 Å². The molecule has 2 amide bonds. The first kappa shape index (κ1) is 21.0. The Labute approximate surface area is 172 Å². The van der Waals surface area contributed by atoms with Crippen LogP contribution in [0, 0.1) is 3.57 Å². The van der Waals surface area contributed by atoms with Crippen LogP contribution in [-0.2, 0) is 4.74 Å². The molecule has 2 rings (SSSR count). The Morgan fingerprint density at radius 3 is 2.19 bits per heavy atom. The van der Waals surface area contributed by atoms with Crippen LogP contribution in [0.2, 0.25) is 0 Å². The van der Waals surface area contributed by atoms with Crippen LogP contribution in [0.3, 0.4) is 0 Å². The van der Waals surface area contributed by atoms with E-state index in [0.717, 1.165) is 8.47 Å². The molecule has 0 atom stereocenters. The van der Waals surface area contributed by atoms with Crippen LogP contribution in [0.4, 0.5) is 10.5 Å². The highest BCUT2D eigenvalue weighted by Gasteiger charge is 2.30. The van der Waals surface area contributed by atoms with Gasteiger partial charge in [0.25, 0.3) is 5.91 Å². The fourth-order valence-electron chi connectivity index (χ4n) is 2.33. The van der Waals surface area contributed by atoms with Crippen LogP contribution in [0.1, 0.15) is 31.1 Å². The number of carbonyl (C=O) groups is 2. The summed E-state index contributed by atoms with van der Waals surface area (Å²) in [5.74, 6) is 0.404. The van der Waals surface area contributed by atoms with E-state index >= 15 is 0 Å². The Morgan fingerprint density at radius 2 is 1.63 bits per heavy atom. The molecule has 7 heteroatoms. The zero-order valence-corrected chi connectivity index (χ0v) is 18.1. The SMILES string of the molecule is COc1ccc(N(C(=O)OC(C)(C)C)C(=O)c2cccc(I)c2)cc1OC. The summed E-state index contributed by atoms with van der Waals surface area (Å²) in [6.45, 7) is 5.23. The normalized spacial score (nSPS) is 10.9. The topological polar surface area (TPSA) is 65.1 Å². The number of benzene rings is 2. The van der Waals surface area contributed by atoms with Gasteiger partial charge in [0.05, 0.1) is 19.9 Å². The molecule has 0 spiro atoms. The summed E-state index contributed by atoms with van der Waals surface area (Å²) >= 11 is 2.11. The van der Waals surface area contributed by atoms with Crippen molar-refractivity contribution in [3.8, 4) is 11.5 Å². The summed E-state index contributed by atoms with van der Waals surface area (Å²) < 4.78 is 16.9. The van der Waals surface area contributed by atoms with E-state index in [4.69, 9.17) is 14.2 Å². The fraction of sp³-hybridized carbons (Fsp3) is 0.300. The zero-order chi connectivity index (χ0) is 20.2. The lowest BCUT2D eigenvalue weighted by Crippen LogP contribution is -2.41. The second kappa shape index (κ2) is 8.60. The van der Waals surface area contributed by atoms with Crippen molar-refractivity contribution >= 4 is 40.3 Å². The Balaban J connectivity index is 2.53. The first-order valence-electron chi connectivity index (χ1n) is 8.21. The molecule has 0 aliphatic rings. The van der Waals surface area contributed by atoms with Gasteiger partial charge < -0.3 is 14.2 Å². The van der Waals surface area contributed by atoms with E-state index in [0.29, 0.717) is 22.7 Å². The van der Waals surface area contributed by atoms with E-state index in [1.807, 2.05) is 6.07 Å². The summed E-state index contributed by atoms with van der Waals surface area (Å²) in [6, 6.07) is 11.8. The number of hydrogen-bond donors (Lipinski definition) is 0. The molecule has 2 aromatic rings. The number of rotatable bonds is 4. The van der Waals surface area contributed by atoms with Crippen molar-refractivity contribution in [2.24, 2.45) is 0 Å². The summed E-state index contributed by atoms with van der Waals surface area (Å²) in [5, 5.41) is 0. The number of nitrogens with zero attached hydrogens (tertiary/aromatic N) is 1. The van der Waals surface area contributed by atoms with Gasteiger partial charge in [-0.05, 0) is 73.7 Å². The largest absolute Gasteiger partial charge is 0.493 e. The number of halogens is 1. The average molecular weight is 483 g/mol.